The second-order valence-corrected chi connectivity index (χ2v) is 3.47. The van der Waals surface area contributed by atoms with Crippen molar-refractivity contribution < 1.29 is 0 Å². The third-order valence-electron chi connectivity index (χ3n) is 2.08. The molecule has 1 aliphatic rings. The van der Waals surface area contributed by atoms with Gasteiger partial charge in [-0.25, -0.2) is 0 Å². The predicted octanol–water partition coefficient (Wildman–Crippen LogP) is 0.258. The maximum atomic E-state index is 5.76. The largest absolute Gasteiger partial charge is 0.402 e. The van der Waals surface area contributed by atoms with Gasteiger partial charge in [0.25, 0.3) is 0 Å². The molecule has 4 N–H and O–H groups in total. The molecule has 0 aliphatic carbocycles. The Hall–Kier alpha value is -1.03. The zero-order valence-corrected chi connectivity index (χ0v) is 8.11. The molecule has 0 saturated carbocycles. The molecule has 0 spiro atoms. The number of nitrogens with zero attached hydrogens (tertiary/aromatic N) is 2. The first-order valence-corrected chi connectivity index (χ1v) is 4.65. The molecule has 0 amide bonds. The van der Waals surface area contributed by atoms with Gasteiger partial charge >= 0.3 is 0 Å². The molecule has 0 radical (unpaired) electrons. The van der Waals surface area contributed by atoms with Crippen LogP contribution in [0.3, 0.4) is 0 Å². The minimum absolute atomic E-state index is 0.359. The second kappa shape index (κ2) is 4.87. The average Bonchev–Trinajstić information content (AvgIpc) is 2.08. The summed E-state index contributed by atoms with van der Waals surface area (Å²) >= 11 is 0. The highest BCUT2D eigenvalue weighted by Gasteiger charge is 2.13. The SMILES string of the molecule is CC(N)=CC=NN1CCC(N)CC1. The van der Waals surface area contributed by atoms with Gasteiger partial charge in [-0.1, -0.05) is 0 Å². The zero-order chi connectivity index (χ0) is 9.68. The monoisotopic (exact) mass is 182 g/mol. The predicted molar refractivity (Wildman–Crippen MR) is 55.2 cm³/mol. The van der Waals surface area contributed by atoms with Crippen LogP contribution in [0.1, 0.15) is 19.8 Å². The van der Waals surface area contributed by atoms with Crippen LogP contribution >= 0.6 is 0 Å². The zero-order valence-electron chi connectivity index (χ0n) is 8.11. The molecule has 0 aromatic rings. The summed E-state index contributed by atoms with van der Waals surface area (Å²) in [5, 5.41) is 6.28. The molecule has 13 heavy (non-hydrogen) atoms. The minimum Gasteiger partial charge on any atom is -0.402 e. The van der Waals surface area contributed by atoms with Gasteiger partial charge in [0.2, 0.25) is 0 Å². The molecule has 1 rings (SSSR count). The lowest BCUT2D eigenvalue weighted by Gasteiger charge is -2.27. The van der Waals surface area contributed by atoms with E-state index in [4.69, 9.17) is 11.5 Å². The van der Waals surface area contributed by atoms with Crippen molar-refractivity contribution in [1.29, 1.82) is 0 Å². The van der Waals surface area contributed by atoms with E-state index in [-0.39, 0.29) is 0 Å². The van der Waals surface area contributed by atoms with Crippen LogP contribution in [0.2, 0.25) is 0 Å². The van der Waals surface area contributed by atoms with Crippen LogP contribution in [0.4, 0.5) is 0 Å². The Labute approximate surface area is 79.3 Å². The van der Waals surface area contributed by atoms with E-state index in [0.717, 1.165) is 31.6 Å². The van der Waals surface area contributed by atoms with Gasteiger partial charge in [0.05, 0.1) is 0 Å². The summed E-state index contributed by atoms with van der Waals surface area (Å²) in [5.74, 6) is 0. The smallest absolute Gasteiger partial charge is 0.0487 e. The number of nitrogens with two attached hydrogens (primary N) is 2. The number of piperidine rings is 1. The molecular formula is C9H18N4. The lowest BCUT2D eigenvalue weighted by Crippen LogP contribution is -2.36. The minimum atomic E-state index is 0.359. The number of hydrogen-bond donors (Lipinski definition) is 2. The summed E-state index contributed by atoms with van der Waals surface area (Å²) in [7, 11) is 0. The van der Waals surface area contributed by atoms with Crippen LogP contribution in [0.15, 0.2) is 16.9 Å². The fraction of sp³-hybridized carbons (Fsp3) is 0.667. The Kier molecular flexibility index (Phi) is 3.76. The van der Waals surface area contributed by atoms with Gasteiger partial charge in [-0.05, 0) is 25.8 Å². The van der Waals surface area contributed by atoms with Crippen molar-refractivity contribution >= 4 is 6.21 Å². The van der Waals surface area contributed by atoms with Crippen LogP contribution < -0.4 is 11.5 Å². The first-order chi connectivity index (χ1) is 6.18. The Balaban J connectivity index is 2.30. The summed E-state index contributed by atoms with van der Waals surface area (Å²) in [6, 6.07) is 0.359. The van der Waals surface area contributed by atoms with Crippen LogP contribution in [0.25, 0.3) is 0 Å². The maximum absolute atomic E-state index is 5.76. The van der Waals surface area contributed by atoms with Crippen molar-refractivity contribution in [1.82, 2.24) is 5.01 Å². The van der Waals surface area contributed by atoms with Gasteiger partial charge < -0.3 is 11.5 Å². The van der Waals surface area contributed by atoms with Crippen LogP contribution in [0, 0.1) is 0 Å². The summed E-state index contributed by atoms with van der Waals surface area (Å²) in [6.07, 6.45) is 5.60. The summed E-state index contributed by atoms with van der Waals surface area (Å²) < 4.78 is 0. The number of allylic oxidation sites excluding steroid dienone is 2. The van der Waals surface area contributed by atoms with E-state index < -0.39 is 0 Å². The van der Waals surface area contributed by atoms with Crippen molar-refractivity contribution in [2.75, 3.05) is 13.1 Å². The molecule has 1 saturated heterocycles. The third kappa shape index (κ3) is 3.94. The van der Waals surface area contributed by atoms with Gasteiger partial charge in [-0.3, -0.25) is 5.01 Å². The van der Waals surface area contributed by atoms with Crippen molar-refractivity contribution in [2.45, 2.75) is 25.8 Å². The van der Waals surface area contributed by atoms with Crippen molar-refractivity contribution in [2.24, 2.45) is 16.6 Å². The van der Waals surface area contributed by atoms with E-state index in [1.165, 1.54) is 0 Å². The molecule has 0 bridgehead atoms. The first kappa shape index (κ1) is 10.1. The Morgan fingerprint density at radius 3 is 2.62 bits per heavy atom. The standard InChI is InChI=1S/C9H18N4/c1-8(10)2-5-12-13-6-3-9(11)4-7-13/h2,5,9H,3-4,6-7,10-11H2,1H3. The van der Waals surface area contributed by atoms with Gasteiger partial charge in [-0.2, -0.15) is 5.10 Å². The molecule has 74 valence electrons. The highest BCUT2D eigenvalue weighted by atomic mass is 15.4. The molecule has 0 aromatic carbocycles. The molecule has 4 nitrogen and oxygen atoms in total. The summed E-state index contributed by atoms with van der Waals surface area (Å²) in [4.78, 5) is 0. The Morgan fingerprint density at radius 2 is 2.08 bits per heavy atom. The fourth-order valence-electron chi connectivity index (χ4n) is 1.25. The van der Waals surface area contributed by atoms with Gasteiger partial charge in [-0.15, -0.1) is 0 Å². The first-order valence-electron chi connectivity index (χ1n) is 4.65. The molecule has 0 unspecified atom stereocenters. The molecule has 1 aliphatic heterocycles. The molecular weight excluding hydrogens is 164 g/mol. The topological polar surface area (TPSA) is 67.6 Å². The Morgan fingerprint density at radius 1 is 1.46 bits per heavy atom. The third-order valence-corrected chi connectivity index (χ3v) is 2.08. The molecule has 0 atom stereocenters. The van der Waals surface area contributed by atoms with E-state index in [0.29, 0.717) is 6.04 Å². The van der Waals surface area contributed by atoms with E-state index >= 15 is 0 Å². The molecule has 1 fully saturated rings. The van der Waals surface area contributed by atoms with Crippen LogP contribution in [0.5, 0.6) is 0 Å². The fourth-order valence-corrected chi connectivity index (χ4v) is 1.25. The number of hydrogen-bond acceptors (Lipinski definition) is 4. The Bertz CT molecular complexity index is 198. The molecule has 1 heterocycles. The van der Waals surface area contributed by atoms with Gasteiger partial charge in [0.1, 0.15) is 0 Å². The maximum Gasteiger partial charge on any atom is 0.0487 e. The van der Waals surface area contributed by atoms with Crippen molar-refractivity contribution in [3.05, 3.63) is 11.8 Å². The van der Waals surface area contributed by atoms with E-state index in [2.05, 4.69) is 5.10 Å². The summed E-state index contributed by atoms with van der Waals surface area (Å²) in [5.41, 5.74) is 12.0. The lowest BCUT2D eigenvalue weighted by atomic mass is 10.1. The molecule has 0 aromatic heterocycles. The van der Waals surface area contributed by atoms with Gasteiger partial charge in [0, 0.05) is 31.0 Å². The lowest BCUT2D eigenvalue weighted by molar-refractivity contribution is 0.223. The second-order valence-electron chi connectivity index (χ2n) is 3.47. The number of hydrazone groups is 1. The van der Waals surface area contributed by atoms with E-state index in [9.17, 15) is 0 Å². The normalized spacial score (nSPS) is 21.4. The van der Waals surface area contributed by atoms with Gasteiger partial charge in [0.15, 0.2) is 0 Å². The molecule has 4 heteroatoms. The highest BCUT2D eigenvalue weighted by Crippen LogP contribution is 2.07. The van der Waals surface area contributed by atoms with E-state index in [1.54, 1.807) is 12.3 Å². The quantitative estimate of drug-likeness (QED) is 0.602. The van der Waals surface area contributed by atoms with Crippen LogP contribution in [-0.2, 0) is 0 Å². The van der Waals surface area contributed by atoms with Crippen molar-refractivity contribution in [3.63, 3.8) is 0 Å². The van der Waals surface area contributed by atoms with Crippen molar-refractivity contribution in [3.8, 4) is 0 Å². The average molecular weight is 182 g/mol. The highest BCUT2D eigenvalue weighted by molar-refractivity contribution is 5.71. The summed E-state index contributed by atoms with van der Waals surface area (Å²) in [6.45, 7) is 3.75. The van der Waals surface area contributed by atoms with E-state index in [1.807, 2.05) is 11.9 Å². The number of rotatable bonds is 2. The van der Waals surface area contributed by atoms with Crippen LogP contribution in [-0.4, -0.2) is 30.4 Å².